The predicted molar refractivity (Wildman–Crippen MR) is 75.6 cm³/mol. The Kier molecular flexibility index (Phi) is 4.25. The van der Waals surface area contributed by atoms with Gasteiger partial charge in [-0.15, -0.1) is 0 Å². The number of hydrogen-bond donors (Lipinski definition) is 1. The Hall–Kier alpha value is -1.49. The second-order valence-electron chi connectivity index (χ2n) is 4.12. The number of aryl methyl sites for hydroxylation is 2. The zero-order valence-electron chi connectivity index (χ0n) is 10.3. The number of ether oxygens (including phenoxy) is 1. The van der Waals surface area contributed by atoms with Crippen LogP contribution in [0.1, 0.15) is 12.0 Å². The number of halogens is 1. The van der Waals surface area contributed by atoms with E-state index in [0.29, 0.717) is 12.4 Å². The van der Waals surface area contributed by atoms with Crippen molar-refractivity contribution in [2.45, 2.75) is 19.9 Å². The maximum atomic E-state index is 5.68. The van der Waals surface area contributed by atoms with Crippen molar-refractivity contribution in [1.29, 1.82) is 0 Å². The normalized spacial score (nSPS) is 10.6. The van der Waals surface area contributed by atoms with Crippen LogP contribution in [0.2, 0.25) is 0 Å². The summed E-state index contributed by atoms with van der Waals surface area (Å²) in [4.78, 5) is 0. The Morgan fingerprint density at radius 1 is 1.39 bits per heavy atom. The molecule has 1 aromatic carbocycles. The van der Waals surface area contributed by atoms with Gasteiger partial charge in [0.2, 0.25) is 0 Å². The fraction of sp³-hybridized carbons (Fsp3) is 0.308. The van der Waals surface area contributed by atoms with Crippen molar-refractivity contribution in [2.75, 3.05) is 12.3 Å². The molecule has 0 spiro atoms. The SMILES string of the molecule is Cc1cc(OCCCn2ccc(N)n2)ccc1Br. The Morgan fingerprint density at radius 3 is 2.89 bits per heavy atom. The van der Waals surface area contributed by atoms with Crippen LogP contribution < -0.4 is 10.5 Å². The summed E-state index contributed by atoms with van der Waals surface area (Å²) in [6.45, 7) is 3.52. The van der Waals surface area contributed by atoms with Gasteiger partial charge in [0, 0.05) is 23.6 Å². The Morgan fingerprint density at radius 2 is 2.22 bits per heavy atom. The highest BCUT2D eigenvalue weighted by atomic mass is 79.9. The van der Waals surface area contributed by atoms with Gasteiger partial charge < -0.3 is 10.5 Å². The molecule has 0 fully saturated rings. The van der Waals surface area contributed by atoms with Crippen molar-refractivity contribution in [3.8, 4) is 5.75 Å². The van der Waals surface area contributed by atoms with Gasteiger partial charge in [-0.25, -0.2) is 0 Å². The molecule has 4 nitrogen and oxygen atoms in total. The van der Waals surface area contributed by atoms with Crippen LogP contribution in [-0.4, -0.2) is 16.4 Å². The largest absolute Gasteiger partial charge is 0.494 e. The Labute approximate surface area is 115 Å². The summed E-state index contributed by atoms with van der Waals surface area (Å²) in [5.74, 6) is 1.45. The summed E-state index contributed by atoms with van der Waals surface area (Å²) in [6.07, 6.45) is 2.77. The molecule has 0 aliphatic rings. The van der Waals surface area contributed by atoms with Crippen LogP contribution in [0.15, 0.2) is 34.9 Å². The van der Waals surface area contributed by atoms with E-state index in [9.17, 15) is 0 Å². The van der Waals surface area contributed by atoms with Crippen LogP contribution >= 0.6 is 15.9 Å². The van der Waals surface area contributed by atoms with Crippen molar-refractivity contribution in [1.82, 2.24) is 9.78 Å². The topological polar surface area (TPSA) is 53.1 Å². The third kappa shape index (κ3) is 3.50. The average Bonchev–Trinajstić information content (AvgIpc) is 2.75. The molecule has 1 heterocycles. The molecule has 0 amide bonds. The van der Waals surface area contributed by atoms with Gasteiger partial charge in [-0.1, -0.05) is 15.9 Å². The van der Waals surface area contributed by atoms with Crippen LogP contribution in [0.5, 0.6) is 5.75 Å². The second-order valence-corrected chi connectivity index (χ2v) is 4.97. The standard InChI is InChI=1S/C13H16BrN3O/c1-10-9-11(3-4-12(10)14)18-8-2-6-17-7-5-13(15)16-17/h3-5,7,9H,2,6,8H2,1H3,(H2,15,16). The van der Waals surface area contributed by atoms with Gasteiger partial charge in [-0.2, -0.15) is 5.10 Å². The van der Waals surface area contributed by atoms with Gasteiger partial charge >= 0.3 is 0 Å². The fourth-order valence-corrected chi connectivity index (χ4v) is 1.87. The lowest BCUT2D eigenvalue weighted by Gasteiger charge is -2.07. The van der Waals surface area contributed by atoms with Gasteiger partial charge in [0.1, 0.15) is 11.6 Å². The molecule has 0 atom stereocenters. The van der Waals surface area contributed by atoms with E-state index in [1.54, 1.807) is 6.07 Å². The van der Waals surface area contributed by atoms with Crippen molar-refractivity contribution in [2.24, 2.45) is 0 Å². The summed E-state index contributed by atoms with van der Waals surface area (Å²) in [7, 11) is 0. The quantitative estimate of drug-likeness (QED) is 0.864. The van der Waals surface area contributed by atoms with E-state index in [4.69, 9.17) is 10.5 Å². The summed E-state index contributed by atoms with van der Waals surface area (Å²) in [5, 5.41) is 4.11. The molecular formula is C13H16BrN3O. The van der Waals surface area contributed by atoms with Crippen LogP contribution in [0.25, 0.3) is 0 Å². The maximum Gasteiger partial charge on any atom is 0.145 e. The molecule has 0 bridgehead atoms. The van der Waals surface area contributed by atoms with Crippen LogP contribution in [0.3, 0.4) is 0 Å². The summed E-state index contributed by atoms with van der Waals surface area (Å²) < 4.78 is 8.60. The number of nitrogen functional groups attached to an aromatic ring is 1. The van der Waals surface area contributed by atoms with E-state index in [-0.39, 0.29) is 0 Å². The average molecular weight is 310 g/mol. The number of anilines is 1. The molecule has 2 N–H and O–H groups in total. The monoisotopic (exact) mass is 309 g/mol. The highest BCUT2D eigenvalue weighted by Gasteiger charge is 1.99. The zero-order valence-corrected chi connectivity index (χ0v) is 11.9. The first-order valence-corrected chi connectivity index (χ1v) is 6.62. The number of nitrogens with two attached hydrogens (primary N) is 1. The van der Waals surface area contributed by atoms with E-state index in [1.807, 2.05) is 36.0 Å². The molecular weight excluding hydrogens is 294 g/mol. The van der Waals surface area contributed by atoms with E-state index < -0.39 is 0 Å². The van der Waals surface area contributed by atoms with E-state index >= 15 is 0 Å². The lowest BCUT2D eigenvalue weighted by Crippen LogP contribution is -2.05. The molecule has 5 heteroatoms. The lowest BCUT2D eigenvalue weighted by molar-refractivity contribution is 0.298. The van der Waals surface area contributed by atoms with Gasteiger partial charge in [0.15, 0.2) is 0 Å². The van der Waals surface area contributed by atoms with Crippen molar-refractivity contribution < 1.29 is 4.74 Å². The van der Waals surface area contributed by atoms with Crippen molar-refractivity contribution in [3.05, 3.63) is 40.5 Å². The van der Waals surface area contributed by atoms with Gasteiger partial charge in [0.25, 0.3) is 0 Å². The van der Waals surface area contributed by atoms with Gasteiger partial charge in [-0.3, -0.25) is 4.68 Å². The summed E-state index contributed by atoms with van der Waals surface area (Å²) in [6, 6.07) is 7.77. The molecule has 0 unspecified atom stereocenters. The minimum absolute atomic E-state index is 0.555. The van der Waals surface area contributed by atoms with Gasteiger partial charge in [-0.05, 0) is 36.8 Å². The van der Waals surface area contributed by atoms with Crippen LogP contribution in [0.4, 0.5) is 5.82 Å². The summed E-state index contributed by atoms with van der Waals surface area (Å²) >= 11 is 3.47. The zero-order chi connectivity index (χ0) is 13.0. The molecule has 2 aromatic rings. The molecule has 0 aliphatic heterocycles. The van der Waals surface area contributed by atoms with E-state index in [1.165, 1.54) is 5.56 Å². The minimum Gasteiger partial charge on any atom is -0.494 e. The molecule has 0 saturated heterocycles. The number of rotatable bonds is 5. The Bertz CT molecular complexity index is 525. The van der Waals surface area contributed by atoms with E-state index in [2.05, 4.69) is 21.0 Å². The highest BCUT2D eigenvalue weighted by molar-refractivity contribution is 9.10. The molecule has 1 aromatic heterocycles. The summed E-state index contributed by atoms with van der Waals surface area (Å²) in [5.41, 5.74) is 6.71. The molecule has 0 aliphatic carbocycles. The van der Waals surface area contributed by atoms with Crippen molar-refractivity contribution in [3.63, 3.8) is 0 Å². The maximum absolute atomic E-state index is 5.68. The second kappa shape index (κ2) is 5.91. The molecule has 0 saturated carbocycles. The fourth-order valence-electron chi connectivity index (χ4n) is 1.63. The van der Waals surface area contributed by atoms with Gasteiger partial charge in [0.05, 0.1) is 6.61 Å². The molecule has 96 valence electrons. The smallest absolute Gasteiger partial charge is 0.145 e. The number of hydrogen-bond acceptors (Lipinski definition) is 3. The third-order valence-corrected chi connectivity index (χ3v) is 3.48. The highest BCUT2D eigenvalue weighted by Crippen LogP contribution is 2.21. The minimum atomic E-state index is 0.555. The number of benzene rings is 1. The third-order valence-electron chi connectivity index (χ3n) is 2.59. The predicted octanol–water partition coefficient (Wildman–Crippen LogP) is 3.01. The number of nitrogens with zero attached hydrogens (tertiary/aromatic N) is 2. The van der Waals surface area contributed by atoms with E-state index in [0.717, 1.165) is 23.2 Å². The Balaban J connectivity index is 1.76. The molecule has 0 radical (unpaired) electrons. The first kappa shape index (κ1) is 13.0. The first-order chi connectivity index (χ1) is 8.65. The van der Waals surface area contributed by atoms with Crippen molar-refractivity contribution >= 4 is 21.7 Å². The molecule has 18 heavy (non-hydrogen) atoms. The lowest BCUT2D eigenvalue weighted by atomic mass is 10.2. The molecule has 2 rings (SSSR count). The first-order valence-electron chi connectivity index (χ1n) is 5.83. The van der Waals surface area contributed by atoms with Crippen LogP contribution in [-0.2, 0) is 6.54 Å². The number of aromatic nitrogens is 2. The van der Waals surface area contributed by atoms with Crippen LogP contribution in [0, 0.1) is 6.92 Å².